The fourth-order valence-corrected chi connectivity index (χ4v) is 2.04. The van der Waals surface area contributed by atoms with E-state index in [1.165, 1.54) is 62.8 Å². The van der Waals surface area contributed by atoms with E-state index in [-0.39, 0.29) is 0 Å². The average molecular weight is 234 g/mol. The van der Waals surface area contributed by atoms with Crippen molar-refractivity contribution in [2.24, 2.45) is 0 Å². The molecule has 1 heterocycles. The van der Waals surface area contributed by atoms with E-state index >= 15 is 0 Å². The highest BCUT2D eigenvalue weighted by molar-refractivity contribution is 5.00. The Hall–Kier alpha value is -1.07. The third kappa shape index (κ3) is 9.84. The smallest absolute Gasteiger partial charge is 0.0990 e. The van der Waals surface area contributed by atoms with Crippen LogP contribution in [-0.4, -0.2) is 6.54 Å². The molecule has 0 aliphatic carbocycles. The van der Waals surface area contributed by atoms with Crippen LogP contribution in [0.5, 0.6) is 0 Å². The van der Waals surface area contributed by atoms with Crippen LogP contribution in [0.15, 0.2) is 24.6 Å². The summed E-state index contributed by atoms with van der Waals surface area (Å²) in [6, 6.07) is 0. The van der Waals surface area contributed by atoms with Gasteiger partial charge in [0.2, 0.25) is 0 Å². The van der Waals surface area contributed by atoms with Gasteiger partial charge in [-0.15, -0.1) is 0 Å². The van der Waals surface area contributed by atoms with Gasteiger partial charge < -0.3 is 11.8 Å². The Morgan fingerprint density at radius 3 is 1.82 bits per heavy atom. The summed E-state index contributed by atoms with van der Waals surface area (Å²) in [5.74, 6) is 0. The number of nitrogens with one attached hydrogen (secondary N) is 1. The van der Waals surface area contributed by atoms with Gasteiger partial charge in [-0.05, 0) is 25.0 Å². The molecule has 0 aromatic carbocycles. The van der Waals surface area contributed by atoms with Crippen LogP contribution in [0.3, 0.4) is 0 Å². The Kier molecular flexibility index (Phi) is 12.2. The van der Waals surface area contributed by atoms with Crippen molar-refractivity contribution in [1.29, 1.82) is 5.26 Å². The molecule has 2 heteroatoms. The van der Waals surface area contributed by atoms with E-state index in [0.717, 1.165) is 0 Å². The van der Waals surface area contributed by atoms with Crippen LogP contribution in [0.4, 0.5) is 0 Å². The van der Waals surface area contributed by atoms with Crippen molar-refractivity contribution in [3.05, 3.63) is 31.1 Å². The lowest BCUT2D eigenvalue weighted by molar-refractivity contribution is -0.787. The lowest BCUT2D eigenvalue weighted by atomic mass is 10.1. The first-order chi connectivity index (χ1) is 8.43. The summed E-state index contributed by atoms with van der Waals surface area (Å²) in [5, 5.41) is 6.25. The second-order valence-electron chi connectivity index (χ2n) is 4.52. The molecule has 0 saturated heterocycles. The highest BCUT2D eigenvalue weighted by Crippen LogP contribution is 2.07. The van der Waals surface area contributed by atoms with Gasteiger partial charge >= 0.3 is 0 Å². The van der Waals surface area contributed by atoms with Gasteiger partial charge in [0.15, 0.2) is 0 Å². The minimum Gasteiger partial charge on any atom is -0.512 e. The number of hydrogen-bond donors (Lipinski definition) is 1. The molecule has 0 saturated carbocycles. The van der Waals surface area contributed by atoms with Gasteiger partial charge in [0.05, 0.1) is 18.9 Å². The molecule has 0 fully saturated rings. The zero-order chi connectivity index (χ0) is 12.8. The highest BCUT2D eigenvalue weighted by atomic mass is 15.1. The van der Waals surface area contributed by atoms with Crippen molar-refractivity contribution in [2.75, 3.05) is 6.54 Å². The molecule has 0 spiro atoms. The molecular formula is C15H26N2. The first kappa shape index (κ1) is 15.9. The van der Waals surface area contributed by atoms with E-state index in [2.05, 4.69) is 31.5 Å². The molecule has 17 heavy (non-hydrogen) atoms. The van der Waals surface area contributed by atoms with Crippen LogP contribution in [0, 0.1) is 11.8 Å². The topological polar surface area (TPSA) is 28.2 Å². The van der Waals surface area contributed by atoms with Crippen LogP contribution in [0.1, 0.15) is 58.3 Å². The van der Waals surface area contributed by atoms with E-state index in [0.29, 0.717) is 0 Å². The summed E-state index contributed by atoms with van der Waals surface area (Å²) in [6.45, 7) is 8.31. The second kappa shape index (κ2) is 13.0. The summed E-state index contributed by atoms with van der Waals surface area (Å²) in [5.41, 5.74) is 0. The Labute approximate surface area is 107 Å². The molecule has 1 aliphatic rings. The maximum atomic E-state index is 6.25. The van der Waals surface area contributed by atoms with Crippen molar-refractivity contribution >= 4 is 0 Å². The van der Waals surface area contributed by atoms with Crippen LogP contribution >= 0.6 is 0 Å². The summed E-state index contributed by atoms with van der Waals surface area (Å²) < 4.78 is 0. The monoisotopic (exact) mass is 234 g/mol. The molecule has 0 amide bonds. The number of allylic oxidation sites excluding steroid dienone is 2. The first-order valence-corrected chi connectivity index (χ1v) is 6.86. The number of nitrogens with zero attached hydrogens (tertiary/aromatic N) is 1. The SMILES string of the molecule is CCCCCCCCCC[NH+]1C=CC=C1.[C-]#N. The van der Waals surface area contributed by atoms with Crippen LogP contribution in [-0.2, 0) is 0 Å². The Morgan fingerprint density at radius 1 is 0.824 bits per heavy atom. The number of rotatable bonds is 9. The summed E-state index contributed by atoms with van der Waals surface area (Å²) in [7, 11) is 0. The third-order valence-electron chi connectivity index (χ3n) is 3.05. The van der Waals surface area contributed by atoms with Crippen molar-refractivity contribution in [3.63, 3.8) is 0 Å². The zero-order valence-electron chi connectivity index (χ0n) is 11.1. The molecular weight excluding hydrogens is 208 g/mol. The van der Waals surface area contributed by atoms with E-state index in [1.54, 1.807) is 0 Å². The maximum absolute atomic E-state index is 6.25. The minimum absolute atomic E-state index is 1.28. The van der Waals surface area contributed by atoms with Crippen molar-refractivity contribution < 1.29 is 4.90 Å². The molecule has 96 valence electrons. The third-order valence-corrected chi connectivity index (χ3v) is 3.05. The van der Waals surface area contributed by atoms with E-state index in [1.807, 2.05) is 0 Å². The predicted octanol–water partition coefficient (Wildman–Crippen LogP) is 3.15. The molecule has 1 rings (SSSR count). The van der Waals surface area contributed by atoms with Gasteiger partial charge in [-0.3, -0.25) is 4.90 Å². The van der Waals surface area contributed by atoms with Crippen LogP contribution in [0.2, 0.25) is 0 Å². The Bertz CT molecular complexity index is 216. The highest BCUT2D eigenvalue weighted by Gasteiger charge is 2.02. The van der Waals surface area contributed by atoms with Crippen molar-refractivity contribution in [3.8, 4) is 0 Å². The lowest BCUT2D eigenvalue weighted by Crippen LogP contribution is -3.01. The fourth-order valence-electron chi connectivity index (χ4n) is 2.04. The quantitative estimate of drug-likeness (QED) is 0.482. The van der Waals surface area contributed by atoms with Crippen LogP contribution < -0.4 is 4.90 Å². The maximum Gasteiger partial charge on any atom is 0.0990 e. The molecule has 0 radical (unpaired) electrons. The molecule has 1 aliphatic heterocycles. The van der Waals surface area contributed by atoms with Gasteiger partial charge in [0.1, 0.15) is 0 Å². The first-order valence-electron chi connectivity index (χ1n) is 6.86. The van der Waals surface area contributed by atoms with Crippen molar-refractivity contribution in [2.45, 2.75) is 58.3 Å². The van der Waals surface area contributed by atoms with Gasteiger partial charge in [-0.2, -0.15) is 0 Å². The molecule has 0 aromatic rings. The van der Waals surface area contributed by atoms with Crippen molar-refractivity contribution in [1.82, 2.24) is 0 Å². The molecule has 0 unspecified atom stereocenters. The number of quaternary nitrogens is 1. The lowest BCUT2D eigenvalue weighted by Gasteiger charge is -2.06. The molecule has 0 aromatic heterocycles. The fraction of sp³-hybridized carbons (Fsp3) is 0.667. The normalized spacial score (nSPS) is 13.6. The van der Waals surface area contributed by atoms with E-state index in [9.17, 15) is 0 Å². The second-order valence-corrected chi connectivity index (χ2v) is 4.52. The van der Waals surface area contributed by atoms with Crippen LogP contribution in [0.25, 0.3) is 0 Å². The van der Waals surface area contributed by atoms with E-state index < -0.39 is 0 Å². The Morgan fingerprint density at radius 2 is 1.29 bits per heavy atom. The van der Waals surface area contributed by atoms with E-state index in [4.69, 9.17) is 11.8 Å². The molecule has 0 bridgehead atoms. The number of hydrogen-bond acceptors (Lipinski definition) is 1. The minimum atomic E-state index is 1.28. The van der Waals surface area contributed by atoms with Gasteiger partial charge in [0, 0.05) is 0 Å². The summed E-state index contributed by atoms with van der Waals surface area (Å²) >= 11 is 0. The Balaban J connectivity index is 0.00000121. The molecule has 1 N–H and O–H groups in total. The van der Waals surface area contributed by atoms with Gasteiger partial charge in [-0.25, -0.2) is 0 Å². The standard InChI is InChI=1S/C14H25N.CN/c1-2-3-4-5-6-7-8-9-12-15-13-10-11-14-15;1-2/h10-11,13-14H,2-9,12H2,1H3;/q;-1/p+1. The molecule has 2 nitrogen and oxygen atoms in total. The number of unbranched alkanes of at least 4 members (excludes halogenated alkanes) is 7. The zero-order valence-corrected chi connectivity index (χ0v) is 11.1. The van der Waals surface area contributed by atoms with Gasteiger partial charge in [0.25, 0.3) is 0 Å². The van der Waals surface area contributed by atoms with Gasteiger partial charge in [-0.1, -0.05) is 45.4 Å². The average Bonchev–Trinajstić information content (AvgIpc) is 2.88. The molecule has 0 atom stereocenters. The summed E-state index contributed by atoms with van der Waals surface area (Å²) in [4.78, 5) is 1.51. The summed E-state index contributed by atoms with van der Waals surface area (Å²) in [6.07, 6.45) is 20.1. The largest absolute Gasteiger partial charge is 0.512 e. The predicted molar refractivity (Wildman–Crippen MR) is 71.7 cm³/mol.